The molecule has 166 valence electrons. The van der Waals surface area contributed by atoms with Gasteiger partial charge < -0.3 is 19.8 Å². The monoisotopic (exact) mass is 449 g/mol. The molecule has 2 N–H and O–H groups in total. The number of alkyl halides is 3. The first kappa shape index (κ1) is 22.3. The highest BCUT2D eigenvalue weighted by Crippen LogP contribution is 2.36. The summed E-state index contributed by atoms with van der Waals surface area (Å²) in [6.45, 7) is -0.631. The number of non-ortho nitro benzene ring substituents is 1. The minimum absolute atomic E-state index is 0.124. The average Bonchev–Trinajstić information content (AvgIpc) is 3.28. The lowest BCUT2D eigenvalue weighted by Gasteiger charge is -2.16. The number of carbonyl (C=O) groups excluding carboxylic acids is 2. The number of ether oxygens (including phenoxy) is 1. The molecule has 32 heavy (non-hydrogen) atoms. The van der Waals surface area contributed by atoms with Crippen molar-refractivity contribution in [1.29, 1.82) is 0 Å². The normalized spacial score (nSPS) is 11.0. The number of benzene rings is 2. The highest BCUT2D eigenvalue weighted by atomic mass is 19.4. The lowest BCUT2D eigenvalue weighted by Crippen LogP contribution is -2.22. The van der Waals surface area contributed by atoms with Crippen LogP contribution in [0.5, 0.6) is 5.75 Å². The summed E-state index contributed by atoms with van der Waals surface area (Å²) in [4.78, 5) is 34.1. The summed E-state index contributed by atoms with van der Waals surface area (Å²) < 4.78 is 50.3. The van der Waals surface area contributed by atoms with Gasteiger partial charge in [-0.05, 0) is 36.4 Å². The number of hydrogen-bond acceptors (Lipinski definition) is 6. The molecule has 0 saturated heterocycles. The number of nitro benzene ring substituents is 1. The van der Waals surface area contributed by atoms with Crippen molar-refractivity contribution in [2.24, 2.45) is 0 Å². The van der Waals surface area contributed by atoms with Gasteiger partial charge in [0.05, 0.1) is 28.0 Å². The van der Waals surface area contributed by atoms with E-state index in [1.165, 1.54) is 30.5 Å². The summed E-state index contributed by atoms with van der Waals surface area (Å²) in [6, 6.07) is 9.05. The third-order valence-corrected chi connectivity index (χ3v) is 4.06. The van der Waals surface area contributed by atoms with Crippen molar-refractivity contribution >= 4 is 28.9 Å². The lowest BCUT2D eigenvalue weighted by molar-refractivity contribution is -0.384. The molecule has 0 fully saturated rings. The largest absolute Gasteiger partial charge is 0.484 e. The van der Waals surface area contributed by atoms with Crippen LogP contribution in [0, 0.1) is 10.1 Å². The fourth-order valence-electron chi connectivity index (χ4n) is 2.56. The quantitative estimate of drug-likeness (QED) is 0.405. The molecule has 0 aliphatic rings. The van der Waals surface area contributed by atoms with Crippen LogP contribution in [0.15, 0.2) is 65.5 Å². The highest BCUT2D eigenvalue weighted by molar-refractivity contribution is 6.04. The number of anilines is 2. The number of rotatable bonds is 7. The summed E-state index contributed by atoms with van der Waals surface area (Å²) in [5.41, 5.74) is -1.90. The van der Waals surface area contributed by atoms with Gasteiger partial charge in [-0.25, -0.2) is 0 Å². The molecule has 0 aliphatic carbocycles. The zero-order chi connectivity index (χ0) is 23.3. The van der Waals surface area contributed by atoms with Gasteiger partial charge >= 0.3 is 6.18 Å². The molecule has 3 aromatic rings. The molecule has 0 unspecified atom stereocenters. The fourth-order valence-corrected chi connectivity index (χ4v) is 2.56. The second-order valence-corrected chi connectivity index (χ2v) is 6.31. The predicted molar refractivity (Wildman–Crippen MR) is 105 cm³/mol. The number of nitro groups is 1. The topological polar surface area (TPSA) is 124 Å². The van der Waals surface area contributed by atoms with Gasteiger partial charge in [0.2, 0.25) is 0 Å². The fraction of sp³-hybridized carbons (Fsp3) is 0.100. The highest BCUT2D eigenvalue weighted by Gasteiger charge is 2.34. The molecule has 3 rings (SSSR count). The van der Waals surface area contributed by atoms with Crippen LogP contribution in [0.1, 0.15) is 15.9 Å². The van der Waals surface area contributed by atoms with Crippen molar-refractivity contribution in [1.82, 2.24) is 0 Å². The molecule has 0 radical (unpaired) electrons. The Morgan fingerprint density at radius 1 is 1.06 bits per heavy atom. The maximum atomic E-state index is 13.5. The Hall–Kier alpha value is -4.35. The molecule has 0 aliphatic heterocycles. The van der Waals surface area contributed by atoms with Gasteiger partial charge in [-0.1, -0.05) is 0 Å². The molecular weight excluding hydrogens is 435 g/mol. The molecule has 2 amide bonds. The first-order valence-electron chi connectivity index (χ1n) is 8.85. The van der Waals surface area contributed by atoms with E-state index >= 15 is 0 Å². The molecular formula is C20H14F3N3O6. The van der Waals surface area contributed by atoms with Crippen LogP contribution in [0.3, 0.4) is 0 Å². The molecule has 0 spiro atoms. The van der Waals surface area contributed by atoms with E-state index in [4.69, 9.17) is 9.15 Å². The summed E-state index contributed by atoms with van der Waals surface area (Å²) in [5, 5.41) is 15.0. The summed E-state index contributed by atoms with van der Waals surface area (Å²) in [5.74, 6) is -1.43. The SMILES string of the molecule is O=C(COc1ccc([N+](=O)[O-])cc1)Nc1ccc(NC(=O)c2ccoc2)cc1C(F)(F)F. The van der Waals surface area contributed by atoms with Gasteiger partial charge in [0.15, 0.2) is 6.61 Å². The van der Waals surface area contributed by atoms with Crippen molar-refractivity contribution in [2.45, 2.75) is 6.18 Å². The van der Waals surface area contributed by atoms with Crippen LogP contribution in [0.4, 0.5) is 30.2 Å². The Morgan fingerprint density at radius 3 is 2.38 bits per heavy atom. The third-order valence-electron chi connectivity index (χ3n) is 4.06. The molecule has 0 atom stereocenters. The van der Waals surface area contributed by atoms with E-state index in [-0.39, 0.29) is 22.7 Å². The van der Waals surface area contributed by atoms with Gasteiger partial charge in [0, 0.05) is 17.8 Å². The lowest BCUT2D eigenvalue weighted by atomic mass is 10.1. The van der Waals surface area contributed by atoms with E-state index in [1.807, 2.05) is 0 Å². The number of nitrogens with zero attached hydrogens (tertiary/aromatic N) is 1. The smallest absolute Gasteiger partial charge is 0.418 e. The van der Waals surface area contributed by atoms with Gasteiger partial charge in [-0.3, -0.25) is 19.7 Å². The molecule has 1 heterocycles. The second kappa shape index (κ2) is 9.20. The maximum Gasteiger partial charge on any atom is 0.418 e. The van der Waals surface area contributed by atoms with Gasteiger partial charge in [-0.15, -0.1) is 0 Å². The van der Waals surface area contributed by atoms with Crippen molar-refractivity contribution in [3.63, 3.8) is 0 Å². The van der Waals surface area contributed by atoms with Gasteiger partial charge in [0.1, 0.15) is 12.0 Å². The molecule has 2 aromatic carbocycles. The Kier molecular flexibility index (Phi) is 6.42. The Labute approximate surface area is 177 Å². The number of hydrogen-bond donors (Lipinski definition) is 2. The van der Waals surface area contributed by atoms with E-state index in [2.05, 4.69) is 10.6 Å². The van der Waals surface area contributed by atoms with Crippen LogP contribution in [0.25, 0.3) is 0 Å². The maximum absolute atomic E-state index is 13.5. The molecule has 0 saturated carbocycles. The third kappa shape index (κ3) is 5.62. The van der Waals surface area contributed by atoms with Crippen LogP contribution < -0.4 is 15.4 Å². The van der Waals surface area contributed by atoms with E-state index < -0.39 is 40.8 Å². The van der Waals surface area contributed by atoms with Crippen LogP contribution in [0.2, 0.25) is 0 Å². The first-order valence-corrected chi connectivity index (χ1v) is 8.85. The predicted octanol–water partition coefficient (Wildman–Crippen LogP) is 4.48. The van der Waals surface area contributed by atoms with Gasteiger partial charge in [-0.2, -0.15) is 13.2 Å². The average molecular weight is 449 g/mol. The molecule has 1 aromatic heterocycles. The first-order chi connectivity index (χ1) is 15.1. The van der Waals surface area contributed by atoms with E-state index in [1.54, 1.807) is 0 Å². The Bertz CT molecular complexity index is 1130. The van der Waals surface area contributed by atoms with E-state index in [9.17, 15) is 32.9 Å². The Morgan fingerprint density at radius 2 is 1.78 bits per heavy atom. The molecule has 12 heteroatoms. The minimum Gasteiger partial charge on any atom is -0.484 e. The molecule has 9 nitrogen and oxygen atoms in total. The number of amides is 2. The van der Waals surface area contributed by atoms with Crippen molar-refractivity contribution in [3.05, 3.63) is 82.3 Å². The zero-order valence-electron chi connectivity index (χ0n) is 16.0. The zero-order valence-corrected chi connectivity index (χ0v) is 16.0. The van der Waals surface area contributed by atoms with Crippen LogP contribution in [-0.4, -0.2) is 23.3 Å². The summed E-state index contributed by atoms with van der Waals surface area (Å²) >= 11 is 0. The van der Waals surface area contributed by atoms with Crippen LogP contribution >= 0.6 is 0 Å². The van der Waals surface area contributed by atoms with Crippen molar-refractivity contribution in [3.8, 4) is 5.75 Å². The Balaban J connectivity index is 1.68. The van der Waals surface area contributed by atoms with E-state index in [0.29, 0.717) is 6.07 Å². The second-order valence-electron chi connectivity index (χ2n) is 6.31. The van der Waals surface area contributed by atoms with Crippen molar-refractivity contribution < 1.29 is 36.8 Å². The number of furan rings is 1. The minimum atomic E-state index is -4.82. The number of nitrogens with one attached hydrogen (secondary N) is 2. The van der Waals surface area contributed by atoms with Gasteiger partial charge in [0.25, 0.3) is 17.5 Å². The molecule has 0 bridgehead atoms. The standard InChI is InChI=1S/C20H14F3N3O6/c21-20(22,23)16-9-13(24-19(28)12-7-8-31-10-12)1-6-17(16)25-18(27)11-32-15-4-2-14(3-5-15)26(29)30/h1-10H,11H2,(H,24,28)(H,25,27). The van der Waals surface area contributed by atoms with E-state index in [0.717, 1.165) is 24.5 Å². The summed E-state index contributed by atoms with van der Waals surface area (Å²) in [6.07, 6.45) is -2.44. The van der Waals surface area contributed by atoms with Crippen molar-refractivity contribution in [2.75, 3.05) is 17.2 Å². The summed E-state index contributed by atoms with van der Waals surface area (Å²) in [7, 11) is 0. The number of carbonyl (C=O) groups is 2. The van der Waals surface area contributed by atoms with Crippen LogP contribution in [-0.2, 0) is 11.0 Å². The number of halogens is 3.